The number of benzene rings is 3. The zero-order chi connectivity index (χ0) is 30.2. The van der Waals surface area contributed by atoms with Gasteiger partial charge in [0.1, 0.15) is 12.6 Å². The number of hydrogen-bond acceptors (Lipinski definition) is 5. The second-order valence-corrected chi connectivity index (χ2v) is 10.4. The smallest absolute Gasteiger partial charge is 0.407 e. The first kappa shape index (κ1) is 31.1. The second-order valence-electron chi connectivity index (χ2n) is 10.4. The summed E-state index contributed by atoms with van der Waals surface area (Å²) < 4.78 is 44.7. The van der Waals surface area contributed by atoms with Crippen molar-refractivity contribution in [2.24, 2.45) is 0 Å². The van der Waals surface area contributed by atoms with Crippen molar-refractivity contribution >= 4 is 12.0 Å². The van der Waals surface area contributed by atoms with Gasteiger partial charge >= 0.3 is 6.09 Å². The van der Waals surface area contributed by atoms with Crippen LogP contribution < -0.4 is 5.32 Å². The molecule has 0 saturated heterocycles. The monoisotopic (exact) mass is 580 g/mol. The Morgan fingerprint density at radius 3 is 2.02 bits per heavy atom. The molecule has 1 aliphatic carbocycles. The van der Waals surface area contributed by atoms with Gasteiger partial charge in [-0.15, -0.1) is 0 Å². The Labute approximate surface area is 245 Å². The number of amides is 2. The number of nitrogens with zero attached hydrogens (tertiary/aromatic N) is 1. The third kappa shape index (κ3) is 7.33. The Morgan fingerprint density at radius 1 is 0.881 bits per heavy atom. The summed E-state index contributed by atoms with van der Waals surface area (Å²) in [7, 11) is 0. The minimum absolute atomic E-state index is 0.0661. The van der Waals surface area contributed by atoms with Crippen molar-refractivity contribution < 1.29 is 32.6 Å². The fourth-order valence-electron chi connectivity index (χ4n) is 5.33. The predicted molar refractivity (Wildman–Crippen MR) is 156 cm³/mol. The molecule has 3 aromatic rings. The summed E-state index contributed by atoms with van der Waals surface area (Å²) >= 11 is 0. The average molecular weight is 581 g/mol. The van der Waals surface area contributed by atoms with E-state index in [1.54, 1.807) is 4.90 Å². The van der Waals surface area contributed by atoms with Crippen LogP contribution in [-0.4, -0.2) is 61.6 Å². The molecule has 4 rings (SSSR count). The Bertz CT molecular complexity index is 1330. The zero-order valence-electron chi connectivity index (χ0n) is 24.4. The van der Waals surface area contributed by atoms with Crippen LogP contribution in [0.4, 0.5) is 13.6 Å². The number of alkyl carbamates (subject to hydrolysis) is 1. The summed E-state index contributed by atoms with van der Waals surface area (Å²) in [6.45, 7) is 8.32. The first-order chi connectivity index (χ1) is 20.2. The van der Waals surface area contributed by atoms with Crippen molar-refractivity contribution in [1.82, 2.24) is 10.2 Å². The molecule has 0 spiro atoms. The maximum absolute atomic E-state index is 14.0. The molecule has 42 heavy (non-hydrogen) atoms. The van der Waals surface area contributed by atoms with Crippen molar-refractivity contribution in [2.45, 2.75) is 58.4 Å². The van der Waals surface area contributed by atoms with Crippen molar-refractivity contribution in [1.29, 1.82) is 0 Å². The Kier molecular flexibility index (Phi) is 10.7. The Morgan fingerprint density at radius 2 is 1.48 bits per heavy atom. The van der Waals surface area contributed by atoms with Crippen molar-refractivity contribution in [3.05, 3.63) is 95.1 Å². The van der Waals surface area contributed by atoms with Crippen molar-refractivity contribution in [3.63, 3.8) is 0 Å². The van der Waals surface area contributed by atoms with Crippen LogP contribution in [0.3, 0.4) is 0 Å². The van der Waals surface area contributed by atoms with Gasteiger partial charge in [-0.25, -0.2) is 13.6 Å². The average Bonchev–Trinajstić information content (AvgIpc) is 3.29. The lowest BCUT2D eigenvalue weighted by molar-refractivity contribution is -0.162. The Balaban J connectivity index is 1.53. The molecule has 1 unspecified atom stereocenters. The van der Waals surface area contributed by atoms with E-state index in [1.165, 1.54) is 6.07 Å². The summed E-state index contributed by atoms with van der Waals surface area (Å²) in [4.78, 5) is 28.6. The normalized spacial score (nSPS) is 13.1. The maximum Gasteiger partial charge on any atom is 0.407 e. The lowest BCUT2D eigenvalue weighted by atomic mass is 9.98. The van der Waals surface area contributed by atoms with Gasteiger partial charge in [-0.2, -0.15) is 0 Å². The van der Waals surface area contributed by atoms with E-state index >= 15 is 0 Å². The third-order valence-corrected chi connectivity index (χ3v) is 7.32. The predicted octanol–water partition coefficient (Wildman–Crippen LogP) is 6.05. The van der Waals surface area contributed by atoms with Crippen LogP contribution in [-0.2, 0) is 25.4 Å². The van der Waals surface area contributed by atoms with Crippen LogP contribution in [0.5, 0.6) is 0 Å². The van der Waals surface area contributed by atoms with E-state index in [0.29, 0.717) is 18.8 Å². The topological polar surface area (TPSA) is 77.1 Å². The maximum atomic E-state index is 14.0. The highest BCUT2D eigenvalue weighted by molar-refractivity contribution is 5.86. The van der Waals surface area contributed by atoms with E-state index in [0.717, 1.165) is 34.4 Å². The number of nitrogens with one attached hydrogen (secondary N) is 1. The molecule has 2 amide bonds. The van der Waals surface area contributed by atoms with Crippen LogP contribution in [0.1, 0.15) is 50.3 Å². The number of ether oxygens (including phenoxy) is 3. The quantitative estimate of drug-likeness (QED) is 0.249. The molecular weight excluding hydrogens is 542 g/mol. The zero-order valence-corrected chi connectivity index (χ0v) is 24.4. The van der Waals surface area contributed by atoms with E-state index in [2.05, 4.69) is 5.32 Å². The van der Waals surface area contributed by atoms with Gasteiger partial charge in [0.2, 0.25) is 5.91 Å². The van der Waals surface area contributed by atoms with Gasteiger partial charge in [-0.05, 0) is 67.6 Å². The van der Waals surface area contributed by atoms with Crippen LogP contribution >= 0.6 is 0 Å². The van der Waals surface area contributed by atoms with Gasteiger partial charge in [0.15, 0.2) is 17.9 Å². The number of carbonyl (C=O) groups is 2. The molecule has 0 aliphatic heterocycles. The van der Waals surface area contributed by atoms with Gasteiger partial charge < -0.3 is 24.4 Å². The van der Waals surface area contributed by atoms with E-state index in [1.807, 2.05) is 76.2 Å². The number of hydrogen-bond donors (Lipinski definition) is 1. The molecule has 0 heterocycles. The molecule has 1 N–H and O–H groups in total. The van der Waals surface area contributed by atoms with E-state index < -0.39 is 36.0 Å². The van der Waals surface area contributed by atoms with E-state index in [4.69, 9.17) is 14.2 Å². The van der Waals surface area contributed by atoms with Crippen molar-refractivity contribution in [2.75, 3.05) is 26.4 Å². The van der Waals surface area contributed by atoms with Crippen LogP contribution in [0, 0.1) is 11.6 Å². The minimum atomic E-state index is -1.11. The van der Waals surface area contributed by atoms with E-state index in [9.17, 15) is 18.4 Å². The SMILES string of the molecule is CCOC(CN(C(=O)C(Cc1ccc(F)c(F)c1)NC(=O)OCC1c2ccccc2-c2ccccc21)C(C)C)OCC. The lowest BCUT2D eigenvalue weighted by Crippen LogP contribution is -2.54. The Hall–Kier alpha value is -3.82. The molecule has 0 saturated carbocycles. The molecule has 0 fully saturated rings. The summed E-state index contributed by atoms with van der Waals surface area (Å²) in [5, 5.41) is 2.69. The number of carbonyl (C=O) groups excluding carboxylic acids is 2. The number of halogens is 2. The molecule has 1 aliphatic rings. The molecule has 1 atom stereocenters. The molecule has 0 bridgehead atoms. The van der Waals surface area contributed by atoms with Gasteiger partial charge in [0.05, 0.1) is 6.54 Å². The highest BCUT2D eigenvalue weighted by Crippen LogP contribution is 2.44. The fourth-order valence-corrected chi connectivity index (χ4v) is 5.33. The first-order valence-corrected chi connectivity index (χ1v) is 14.3. The number of rotatable bonds is 13. The van der Waals surface area contributed by atoms with Gasteiger partial charge in [0, 0.05) is 31.6 Å². The number of fused-ring (bicyclic) bond motifs is 3. The third-order valence-electron chi connectivity index (χ3n) is 7.32. The molecule has 0 radical (unpaired) electrons. The van der Waals surface area contributed by atoms with Crippen LogP contribution in [0.25, 0.3) is 11.1 Å². The van der Waals surface area contributed by atoms with Crippen molar-refractivity contribution in [3.8, 4) is 11.1 Å². The molecule has 7 nitrogen and oxygen atoms in total. The fraction of sp³-hybridized carbons (Fsp3) is 0.394. The highest BCUT2D eigenvalue weighted by Gasteiger charge is 2.32. The molecular formula is C33H38F2N2O5. The summed E-state index contributed by atoms with van der Waals surface area (Å²) in [6, 6.07) is 18.0. The van der Waals surface area contributed by atoms with E-state index in [-0.39, 0.29) is 31.5 Å². The van der Waals surface area contributed by atoms with Crippen LogP contribution in [0.15, 0.2) is 66.7 Å². The van der Waals surface area contributed by atoms with Gasteiger partial charge in [-0.3, -0.25) is 4.79 Å². The summed E-state index contributed by atoms with van der Waals surface area (Å²) in [6.07, 6.45) is -1.52. The van der Waals surface area contributed by atoms with Gasteiger partial charge in [-0.1, -0.05) is 54.6 Å². The molecule has 0 aromatic heterocycles. The van der Waals surface area contributed by atoms with Gasteiger partial charge in [0.25, 0.3) is 0 Å². The summed E-state index contributed by atoms with van der Waals surface area (Å²) in [5.74, 6) is -2.61. The second kappa shape index (κ2) is 14.4. The molecule has 3 aromatic carbocycles. The van der Waals surface area contributed by atoms with Crippen LogP contribution in [0.2, 0.25) is 0 Å². The standard InChI is InChI=1S/C33H38F2N2O5/c1-5-40-31(41-6-2)19-37(21(3)4)32(38)30(18-22-15-16-28(34)29(35)17-22)36-33(39)42-20-27-25-13-9-7-11-23(25)24-12-8-10-14-26(24)27/h7-17,21,27,30-31H,5-6,18-20H2,1-4H3,(H,36,39). The molecule has 9 heteroatoms. The minimum Gasteiger partial charge on any atom is -0.449 e. The highest BCUT2D eigenvalue weighted by atomic mass is 19.2. The summed E-state index contributed by atoms with van der Waals surface area (Å²) in [5.41, 5.74) is 4.66. The lowest BCUT2D eigenvalue weighted by Gasteiger charge is -2.33. The first-order valence-electron chi connectivity index (χ1n) is 14.3. The molecule has 224 valence electrons. The largest absolute Gasteiger partial charge is 0.449 e.